The third kappa shape index (κ3) is 3.08. The van der Waals surface area contributed by atoms with Crippen molar-refractivity contribution in [1.29, 1.82) is 0 Å². The Morgan fingerprint density at radius 2 is 2.37 bits per heavy atom. The van der Waals surface area contributed by atoms with Crippen molar-refractivity contribution in [1.82, 2.24) is 9.97 Å². The van der Waals surface area contributed by atoms with Crippen LogP contribution in [0, 0.1) is 16.0 Å². The van der Waals surface area contributed by atoms with E-state index in [-0.39, 0.29) is 23.5 Å². The molecule has 0 radical (unpaired) electrons. The van der Waals surface area contributed by atoms with Gasteiger partial charge in [0.2, 0.25) is 11.8 Å². The first-order valence-corrected chi connectivity index (χ1v) is 6.23. The highest BCUT2D eigenvalue weighted by atomic mass is 16.6. The van der Waals surface area contributed by atoms with Crippen molar-refractivity contribution in [3.63, 3.8) is 0 Å². The third-order valence-electron chi connectivity index (χ3n) is 3.34. The normalized spacial score (nSPS) is 22.2. The van der Waals surface area contributed by atoms with E-state index in [0.717, 1.165) is 19.3 Å². The summed E-state index contributed by atoms with van der Waals surface area (Å²) in [5, 5.41) is 26.3. The number of aliphatic hydroxyl groups excluding tert-OH is 1. The van der Waals surface area contributed by atoms with Crippen LogP contribution in [0.25, 0.3) is 0 Å². The maximum Gasteiger partial charge on any atom is 0.329 e. The number of aliphatic hydroxyl groups is 1. The lowest BCUT2D eigenvalue weighted by molar-refractivity contribution is -0.384. The van der Waals surface area contributed by atoms with Gasteiger partial charge in [-0.25, -0.2) is 4.98 Å². The van der Waals surface area contributed by atoms with Gasteiger partial charge in [-0.1, -0.05) is 6.42 Å². The van der Waals surface area contributed by atoms with Crippen molar-refractivity contribution in [2.45, 2.75) is 25.4 Å². The molecule has 2 rings (SSSR count). The van der Waals surface area contributed by atoms with Gasteiger partial charge in [-0.05, 0) is 12.8 Å². The molecule has 2 unspecified atom stereocenters. The van der Waals surface area contributed by atoms with Crippen molar-refractivity contribution < 1.29 is 10.0 Å². The Labute approximate surface area is 110 Å². The minimum absolute atomic E-state index is 0.118. The van der Waals surface area contributed by atoms with E-state index in [2.05, 4.69) is 20.6 Å². The molecule has 1 aliphatic rings. The van der Waals surface area contributed by atoms with E-state index in [1.807, 2.05) is 0 Å². The molecule has 3 N–H and O–H groups in total. The lowest BCUT2D eigenvalue weighted by Crippen LogP contribution is -2.22. The summed E-state index contributed by atoms with van der Waals surface area (Å²) in [5.41, 5.74) is -0.161. The van der Waals surface area contributed by atoms with Gasteiger partial charge in [0.25, 0.3) is 0 Å². The minimum Gasteiger partial charge on any atom is -0.393 e. The summed E-state index contributed by atoms with van der Waals surface area (Å²) in [4.78, 5) is 18.2. The van der Waals surface area contributed by atoms with Crippen LogP contribution in [-0.4, -0.2) is 39.7 Å². The van der Waals surface area contributed by atoms with E-state index in [1.54, 1.807) is 7.05 Å². The summed E-state index contributed by atoms with van der Waals surface area (Å²) in [6, 6.07) is 0. The number of hydrogen-bond donors (Lipinski definition) is 3. The van der Waals surface area contributed by atoms with Crippen LogP contribution in [0.15, 0.2) is 6.20 Å². The molecule has 1 aromatic rings. The third-order valence-corrected chi connectivity index (χ3v) is 3.34. The summed E-state index contributed by atoms with van der Waals surface area (Å²) in [5.74, 6) is 0.621. The fraction of sp³-hybridized carbons (Fsp3) is 0.636. The van der Waals surface area contributed by atoms with Gasteiger partial charge in [0.15, 0.2) is 0 Å². The van der Waals surface area contributed by atoms with E-state index >= 15 is 0 Å². The fourth-order valence-electron chi connectivity index (χ4n) is 2.24. The molecule has 1 aromatic heterocycles. The Morgan fingerprint density at radius 1 is 1.58 bits per heavy atom. The monoisotopic (exact) mass is 267 g/mol. The summed E-state index contributed by atoms with van der Waals surface area (Å²) in [6.07, 6.45) is 3.54. The number of anilines is 2. The highest BCUT2D eigenvalue weighted by Gasteiger charge is 2.26. The number of nitrogens with one attached hydrogen (secondary N) is 2. The quantitative estimate of drug-likeness (QED) is 0.538. The van der Waals surface area contributed by atoms with E-state index < -0.39 is 4.92 Å². The van der Waals surface area contributed by atoms with Gasteiger partial charge in [-0.3, -0.25) is 10.1 Å². The lowest BCUT2D eigenvalue weighted by atomic mass is 10.1. The van der Waals surface area contributed by atoms with Crippen molar-refractivity contribution in [3.05, 3.63) is 16.3 Å². The summed E-state index contributed by atoms with van der Waals surface area (Å²) in [7, 11) is 1.64. The van der Waals surface area contributed by atoms with Crippen LogP contribution in [0.3, 0.4) is 0 Å². The first-order chi connectivity index (χ1) is 9.11. The van der Waals surface area contributed by atoms with E-state index in [4.69, 9.17) is 0 Å². The molecule has 0 amide bonds. The molecule has 1 heterocycles. The largest absolute Gasteiger partial charge is 0.393 e. The Kier molecular flexibility index (Phi) is 4.10. The molecule has 0 saturated heterocycles. The Morgan fingerprint density at radius 3 is 2.95 bits per heavy atom. The predicted molar refractivity (Wildman–Crippen MR) is 70.1 cm³/mol. The molecule has 2 atom stereocenters. The van der Waals surface area contributed by atoms with Gasteiger partial charge in [0, 0.05) is 19.5 Å². The maximum atomic E-state index is 10.9. The van der Waals surface area contributed by atoms with Crippen LogP contribution in [0.4, 0.5) is 17.5 Å². The molecule has 1 fully saturated rings. The molecule has 1 aliphatic carbocycles. The lowest BCUT2D eigenvalue weighted by Gasteiger charge is -2.15. The zero-order valence-electron chi connectivity index (χ0n) is 10.7. The van der Waals surface area contributed by atoms with Crippen LogP contribution in [-0.2, 0) is 0 Å². The number of aromatic nitrogens is 2. The molecule has 1 saturated carbocycles. The van der Waals surface area contributed by atoms with Crippen molar-refractivity contribution in [3.8, 4) is 0 Å². The first kappa shape index (κ1) is 13.5. The summed E-state index contributed by atoms with van der Waals surface area (Å²) in [6.45, 7) is 0.474. The van der Waals surface area contributed by atoms with Crippen LogP contribution in [0.1, 0.15) is 19.3 Å². The standard InChI is InChI=1S/C11H17N5O3/c1-12-11-14-6-8(16(18)19)10(15-11)13-5-7-3-2-4-9(7)17/h6-7,9,17H,2-5H2,1H3,(H2,12,13,14,15). The maximum absolute atomic E-state index is 10.9. The number of nitrogens with zero attached hydrogens (tertiary/aromatic N) is 3. The van der Waals surface area contributed by atoms with Crippen molar-refractivity contribution in [2.75, 3.05) is 24.2 Å². The Bertz CT molecular complexity index is 468. The average molecular weight is 267 g/mol. The molecule has 0 spiro atoms. The minimum atomic E-state index is -0.521. The molecule has 8 heteroatoms. The molecular weight excluding hydrogens is 250 g/mol. The van der Waals surface area contributed by atoms with E-state index in [0.29, 0.717) is 12.5 Å². The zero-order chi connectivity index (χ0) is 13.8. The van der Waals surface area contributed by atoms with Gasteiger partial charge in [-0.15, -0.1) is 0 Å². The van der Waals surface area contributed by atoms with Crippen LogP contribution in [0.5, 0.6) is 0 Å². The second-order valence-corrected chi connectivity index (χ2v) is 4.57. The fourth-order valence-corrected chi connectivity index (χ4v) is 2.24. The average Bonchev–Trinajstić information content (AvgIpc) is 2.81. The first-order valence-electron chi connectivity index (χ1n) is 6.23. The van der Waals surface area contributed by atoms with Crippen molar-refractivity contribution in [2.24, 2.45) is 5.92 Å². The SMILES string of the molecule is CNc1ncc([N+](=O)[O-])c(NCC2CCCC2O)n1. The van der Waals surface area contributed by atoms with Crippen LogP contribution >= 0.6 is 0 Å². The highest BCUT2D eigenvalue weighted by molar-refractivity contribution is 5.56. The van der Waals surface area contributed by atoms with Gasteiger partial charge in [-0.2, -0.15) is 4.98 Å². The second kappa shape index (κ2) is 5.79. The van der Waals surface area contributed by atoms with Crippen LogP contribution < -0.4 is 10.6 Å². The predicted octanol–water partition coefficient (Wildman–Crippen LogP) is 0.999. The number of nitro groups is 1. The van der Waals surface area contributed by atoms with Gasteiger partial charge < -0.3 is 15.7 Å². The van der Waals surface area contributed by atoms with E-state index in [1.165, 1.54) is 6.20 Å². The van der Waals surface area contributed by atoms with Gasteiger partial charge >= 0.3 is 5.69 Å². The summed E-state index contributed by atoms with van der Waals surface area (Å²) >= 11 is 0. The topological polar surface area (TPSA) is 113 Å². The van der Waals surface area contributed by atoms with Crippen LogP contribution in [0.2, 0.25) is 0 Å². The highest BCUT2D eigenvalue weighted by Crippen LogP contribution is 2.27. The molecule has 0 bridgehead atoms. The Balaban J connectivity index is 2.10. The second-order valence-electron chi connectivity index (χ2n) is 4.57. The molecular formula is C11H17N5O3. The smallest absolute Gasteiger partial charge is 0.329 e. The molecule has 0 aromatic carbocycles. The number of rotatable bonds is 5. The van der Waals surface area contributed by atoms with Gasteiger partial charge in [0.05, 0.1) is 11.0 Å². The summed E-state index contributed by atoms with van der Waals surface area (Å²) < 4.78 is 0. The molecule has 104 valence electrons. The van der Waals surface area contributed by atoms with Crippen molar-refractivity contribution >= 4 is 17.5 Å². The molecule has 19 heavy (non-hydrogen) atoms. The molecule has 8 nitrogen and oxygen atoms in total. The van der Waals surface area contributed by atoms with E-state index in [9.17, 15) is 15.2 Å². The zero-order valence-corrected chi connectivity index (χ0v) is 10.7. The number of hydrogen-bond acceptors (Lipinski definition) is 7. The Hall–Kier alpha value is -1.96. The van der Waals surface area contributed by atoms with Gasteiger partial charge in [0.1, 0.15) is 6.20 Å². The molecule has 0 aliphatic heterocycles.